The van der Waals surface area contributed by atoms with Gasteiger partial charge in [-0.15, -0.1) is 0 Å². The first kappa shape index (κ1) is 23.5. The molecule has 35 heavy (non-hydrogen) atoms. The molecule has 3 aliphatic rings. The lowest BCUT2D eigenvalue weighted by atomic mass is 9.93. The molecule has 2 heterocycles. The van der Waals surface area contributed by atoms with Crippen LogP contribution in [0, 0.1) is 5.82 Å². The van der Waals surface area contributed by atoms with E-state index in [4.69, 9.17) is 4.74 Å². The number of carbonyl (C=O) groups is 2. The van der Waals surface area contributed by atoms with Gasteiger partial charge in [0.15, 0.2) is 0 Å². The normalized spacial score (nSPS) is 21.4. The van der Waals surface area contributed by atoms with Crippen LogP contribution in [0.5, 0.6) is 0 Å². The van der Waals surface area contributed by atoms with Crippen molar-refractivity contribution in [1.82, 2.24) is 10.2 Å². The van der Waals surface area contributed by atoms with E-state index in [9.17, 15) is 9.59 Å². The maximum absolute atomic E-state index is 15.3. The third-order valence-electron chi connectivity index (χ3n) is 7.61. The van der Waals surface area contributed by atoms with Gasteiger partial charge >= 0.3 is 6.09 Å². The lowest BCUT2D eigenvalue weighted by Crippen LogP contribution is -2.50. The summed E-state index contributed by atoms with van der Waals surface area (Å²) in [5.41, 5.74) is 1.67. The Labute approximate surface area is 205 Å². The second-order valence-corrected chi connectivity index (χ2v) is 9.78. The van der Waals surface area contributed by atoms with Gasteiger partial charge in [0.05, 0.1) is 12.5 Å². The van der Waals surface area contributed by atoms with E-state index >= 15 is 4.39 Å². The van der Waals surface area contributed by atoms with Crippen molar-refractivity contribution in [3.63, 3.8) is 0 Å². The summed E-state index contributed by atoms with van der Waals surface area (Å²) in [4.78, 5) is 31.1. The van der Waals surface area contributed by atoms with Crippen molar-refractivity contribution in [2.45, 2.75) is 37.1 Å². The topological polar surface area (TPSA) is 65.1 Å². The van der Waals surface area contributed by atoms with Crippen molar-refractivity contribution in [2.24, 2.45) is 0 Å². The molecule has 5 rings (SSSR count). The summed E-state index contributed by atoms with van der Waals surface area (Å²) in [5.74, 6) is -0.393. The molecular formula is C27H33FN4O3. The van der Waals surface area contributed by atoms with Crippen molar-refractivity contribution in [2.75, 3.05) is 56.2 Å². The Bertz CT molecular complexity index is 1070. The Morgan fingerprint density at radius 1 is 0.971 bits per heavy atom. The van der Waals surface area contributed by atoms with Crippen LogP contribution in [-0.2, 0) is 14.9 Å². The highest BCUT2D eigenvalue weighted by molar-refractivity contribution is 5.91. The summed E-state index contributed by atoms with van der Waals surface area (Å²) in [5, 5.41) is 3.24. The van der Waals surface area contributed by atoms with Gasteiger partial charge in [0, 0.05) is 62.2 Å². The lowest BCUT2D eigenvalue weighted by Gasteiger charge is -2.36. The van der Waals surface area contributed by atoms with Crippen LogP contribution in [0.1, 0.15) is 31.2 Å². The Morgan fingerprint density at radius 2 is 1.71 bits per heavy atom. The molecule has 7 nitrogen and oxygen atoms in total. The first-order chi connectivity index (χ1) is 17.0. The standard InChI is InChI=1S/C27H33FN4O3/c1-35-26(34)31-16-14-30(15-17-31)22-9-10-23(24(28)18-22)27(11-12-27)25(33)29-20-6-5-13-32(19-20)21-7-3-2-4-8-21/h2-4,7-10,18,20H,5-6,11-17,19H2,1H3,(H,29,33)/t20-/m0/s1. The Balaban J connectivity index is 1.23. The van der Waals surface area contributed by atoms with Crippen LogP contribution in [0.3, 0.4) is 0 Å². The van der Waals surface area contributed by atoms with Gasteiger partial charge in [0.1, 0.15) is 5.82 Å². The molecule has 0 aromatic heterocycles. The van der Waals surface area contributed by atoms with E-state index in [0.717, 1.165) is 31.6 Å². The van der Waals surface area contributed by atoms with Crippen molar-refractivity contribution < 1.29 is 18.7 Å². The first-order valence-corrected chi connectivity index (χ1v) is 12.5. The molecule has 1 aliphatic carbocycles. The monoisotopic (exact) mass is 480 g/mol. The number of ether oxygens (including phenoxy) is 1. The molecule has 1 saturated carbocycles. The van der Waals surface area contributed by atoms with Gasteiger partial charge < -0.3 is 24.8 Å². The van der Waals surface area contributed by atoms with Gasteiger partial charge in [-0.1, -0.05) is 24.3 Å². The van der Waals surface area contributed by atoms with Crippen LogP contribution in [-0.4, -0.2) is 69.3 Å². The van der Waals surface area contributed by atoms with Crippen LogP contribution in [0.2, 0.25) is 0 Å². The second kappa shape index (κ2) is 9.76. The number of halogens is 1. The molecule has 0 bridgehead atoms. The molecule has 2 aromatic carbocycles. The predicted octanol–water partition coefficient (Wildman–Crippen LogP) is 3.53. The van der Waals surface area contributed by atoms with Crippen molar-refractivity contribution in [3.05, 3.63) is 59.9 Å². The van der Waals surface area contributed by atoms with E-state index in [2.05, 4.69) is 27.2 Å². The molecule has 0 unspecified atom stereocenters. The Morgan fingerprint density at radius 3 is 2.37 bits per heavy atom. The lowest BCUT2D eigenvalue weighted by molar-refractivity contribution is -0.124. The number of hydrogen-bond donors (Lipinski definition) is 1. The number of anilines is 2. The average molecular weight is 481 g/mol. The van der Waals surface area contributed by atoms with Gasteiger partial charge in [0.2, 0.25) is 5.91 Å². The number of hydrogen-bond acceptors (Lipinski definition) is 5. The third kappa shape index (κ3) is 4.79. The number of carbonyl (C=O) groups excluding carboxylic acids is 2. The highest BCUT2D eigenvalue weighted by Gasteiger charge is 2.53. The van der Waals surface area contributed by atoms with E-state index in [1.54, 1.807) is 11.0 Å². The number of para-hydroxylation sites is 1. The van der Waals surface area contributed by atoms with E-state index in [0.29, 0.717) is 44.6 Å². The van der Waals surface area contributed by atoms with E-state index < -0.39 is 5.41 Å². The maximum atomic E-state index is 15.3. The van der Waals surface area contributed by atoms with Crippen molar-refractivity contribution >= 4 is 23.4 Å². The van der Waals surface area contributed by atoms with Gasteiger partial charge in [-0.05, 0) is 49.9 Å². The first-order valence-electron chi connectivity index (χ1n) is 12.5. The van der Waals surface area contributed by atoms with Crippen LogP contribution in [0.4, 0.5) is 20.6 Å². The molecule has 8 heteroatoms. The van der Waals surface area contributed by atoms with Crippen molar-refractivity contribution in [3.8, 4) is 0 Å². The van der Waals surface area contributed by atoms with Gasteiger partial charge in [-0.25, -0.2) is 9.18 Å². The molecule has 2 aromatic rings. The largest absolute Gasteiger partial charge is 0.453 e. The van der Waals surface area contributed by atoms with Crippen LogP contribution in [0.25, 0.3) is 0 Å². The summed E-state index contributed by atoms with van der Waals surface area (Å²) in [6.45, 7) is 4.03. The second-order valence-electron chi connectivity index (χ2n) is 9.78. The summed E-state index contributed by atoms with van der Waals surface area (Å²) in [7, 11) is 1.38. The average Bonchev–Trinajstić information content (AvgIpc) is 3.71. The number of methoxy groups -OCH3 is 1. The molecule has 1 N–H and O–H groups in total. The molecular weight excluding hydrogens is 447 g/mol. The number of amides is 2. The minimum absolute atomic E-state index is 0.0578. The maximum Gasteiger partial charge on any atom is 0.409 e. The number of piperidine rings is 1. The highest BCUT2D eigenvalue weighted by atomic mass is 19.1. The molecule has 2 amide bonds. The number of benzene rings is 2. The van der Waals surface area contributed by atoms with Crippen LogP contribution < -0.4 is 15.1 Å². The van der Waals surface area contributed by atoms with E-state index in [1.807, 2.05) is 24.3 Å². The number of nitrogens with one attached hydrogen (secondary N) is 1. The predicted molar refractivity (Wildman–Crippen MR) is 133 cm³/mol. The zero-order valence-electron chi connectivity index (χ0n) is 20.2. The van der Waals surface area contributed by atoms with Gasteiger partial charge in [-0.3, -0.25) is 4.79 Å². The Kier molecular flexibility index (Phi) is 6.54. The highest BCUT2D eigenvalue weighted by Crippen LogP contribution is 2.50. The fourth-order valence-corrected chi connectivity index (χ4v) is 5.40. The van der Waals surface area contributed by atoms with Gasteiger partial charge in [-0.2, -0.15) is 0 Å². The molecule has 2 aliphatic heterocycles. The molecule has 3 fully saturated rings. The SMILES string of the molecule is COC(=O)N1CCN(c2ccc(C3(C(=O)N[C@H]4CCCN(c5ccccc5)C4)CC3)c(F)c2)CC1. The minimum Gasteiger partial charge on any atom is -0.453 e. The summed E-state index contributed by atoms with van der Waals surface area (Å²) in [6.07, 6.45) is 2.95. The molecule has 0 radical (unpaired) electrons. The Hall–Kier alpha value is -3.29. The molecule has 186 valence electrons. The number of nitrogens with zero attached hydrogens (tertiary/aromatic N) is 3. The smallest absolute Gasteiger partial charge is 0.409 e. The fraction of sp³-hybridized carbons (Fsp3) is 0.481. The number of piperazine rings is 1. The minimum atomic E-state index is -0.763. The molecule has 0 spiro atoms. The van der Waals surface area contributed by atoms with E-state index in [-0.39, 0.29) is 23.9 Å². The molecule has 2 saturated heterocycles. The summed E-state index contributed by atoms with van der Waals surface area (Å²) in [6, 6.07) is 15.5. The molecule has 1 atom stereocenters. The fourth-order valence-electron chi connectivity index (χ4n) is 5.40. The third-order valence-corrected chi connectivity index (χ3v) is 7.61. The van der Waals surface area contributed by atoms with Crippen LogP contribution in [0.15, 0.2) is 48.5 Å². The number of rotatable bonds is 5. The summed E-state index contributed by atoms with van der Waals surface area (Å²) >= 11 is 0. The van der Waals surface area contributed by atoms with Crippen molar-refractivity contribution in [1.29, 1.82) is 0 Å². The van der Waals surface area contributed by atoms with Crippen LogP contribution >= 0.6 is 0 Å². The zero-order chi connectivity index (χ0) is 24.4. The summed E-state index contributed by atoms with van der Waals surface area (Å²) < 4.78 is 20.1. The zero-order valence-corrected chi connectivity index (χ0v) is 20.2. The van der Waals surface area contributed by atoms with Gasteiger partial charge in [0.25, 0.3) is 0 Å². The van der Waals surface area contributed by atoms with E-state index in [1.165, 1.54) is 18.9 Å². The quantitative estimate of drug-likeness (QED) is 0.709.